The fraction of sp³-hybridized carbons (Fsp3) is 0.769. The quantitative estimate of drug-likeness (QED) is 0.308. The predicted octanol–water partition coefficient (Wildman–Crippen LogP) is 0.203. The Kier molecular flexibility index (Phi) is 3.73. The van der Waals surface area contributed by atoms with Crippen LogP contribution in [0.2, 0.25) is 0 Å². The summed E-state index contributed by atoms with van der Waals surface area (Å²) < 4.78 is 20.3. The molecule has 0 saturated carbocycles. The third kappa shape index (κ3) is 1.80. The lowest BCUT2D eigenvalue weighted by molar-refractivity contribution is -0.183. The van der Waals surface area contributed by atoms with E-state index < -0.39 is 41.6 Å². The molecule has 0 aromatic rings. The van der Waals surface area contributed by atoms with E-state index in [9.17, 15) is 14.4 Å². The molecule has 2 aliphatic rings. The van der Waals surface area contributed by atoms with E-state index in [1.54, 1.807) is 20.8 Å². The minimum Gasteiger partial charge on any atom is -0.465 e. The fourth-order valence-corrected chi connectivity index (χ4v) is 2.56. The standard InChI is InChI=1S/C13H18O7/c1-4-13-8(20-13)12(7-19-11(13)16,9(14)17-5-2)10(15)18-6-3/h8H,4-7H2,1-3H3/t8-,13-/m0/s1. The number of ether oxygens (including phenoxy) is 4. The highest BCUT2D eigenvalue weighted by Gasteiger charge is 2.79. The third-order valence-electron chi connectivity index (χ3n) is 3.72. The summed E-state index contributed by atoms with van der Waals surface area (Å²) in [5, 5.41) is 0. The molecule has 2 rings (SSSR count). The summed E-state index contributed by atoms with van der Waals surface area (Å²) in [6.45, 7) is 4.81. The van der Waals surface area contributed by atoms with Gasteiger partial charge in [-0.2, -0.15) is 0 Å². The molecule has 0 spiro atoms. The molecule has 0 aromatic heterocycles. The topological polar surface area (TPSA) is 91.4 Å². The summed E-state index contributed by atoms with van der Waals surface area (Å²) in [4.78, 5) is 36.3. The normalized spacial score (nSPS) is 29.9. The molecule has 112 valence electrons. The van der Waals surface area contributed by atoms with Gasteiger partial charge < -0.3 is 18.9 Å². The average molecular weight is 286 g/mol. The van der Waals surface area contributed by atoms with Crippen molar-refractivity contribution in [3.05, 3.63) is 0 Å². The lowest BCUT2D eigenvalue weighted by Gasteiger charge is -2.31. The molecule has 2 aliphatic heterocycles. The molecule has 7 nitrogen and oxygen atoms in total. The van der Waals surface area contributed by atoms with Crippen molar-refractivity contribution in [1.29, 1.82) is 0 Å². The number of esters is 3. The van der Waals surface area contributed by atoms with Crippen LogP contribution in [0, 0.1) is 5.41 Å². The van der Waals surface area contributed by atoms with Gasteiger partial charge in [0.15, 0.2) is 5.60 Å². The van der Waals surface area contributed by atoms with Crippen LogP contribution >= 0.6 is 0 Å². The van der Waals surface area contributed by atoms with Crippen LogP contribution in [-0.2, 0) is 33.3 Å². The Morgan fingerprint density at radius 1 is 1.20 bits per heavy atom. The second kappa shape index (κ2) is 5.05. The minimum absolute atomic E-state index is 0.111. The third-order valence-corrected chi connectivity index (χ3v) is 3.72. The molecule has 20 heavy (non-hydrogen) atoms. The van der Waals surface area contributed by atoms with Gasteiger partial charge in [0, 0.05) is 0 Å². The Labute approximate surface area is 116 Å². The summed E-state index contributed by atoms with van der Waals surface area (Å²) in [6.07, 6.45) is -0.559. The smallest absolute Gasteiger partial charge is 0.341 e. The van der Waals surface area contributed by atoms with Gasteiger partial charge in [-0.15, -0.1) is 0 Å². The molecule has 0 bridgehead atoms. The van der Waals surface area contributed by atoms with Crippen LogP contribution in [0.25, 0.3) is 0 Å². The van der Waals surface area contributed by atoms with Crippen molar-refractivity contribution in [2.75, 3.05) is 19.8 Å². The maximum atomic E-state index is 12.2. The van der Waals surface area contributed by atoms with Gasteiger partial charge in [0.25, 0.3) is 0 Å². The Bertz CT molecular complexity index is 426. The van der Waals surface area contributed by atoms with Gasteiger partial charge in [-0.3, -0.25) is 9.59 Å². The van der Waals surface area contributed by atoms with Crippen molar-refractivity contribution in [3.8, 4) is 0 Å². The summed E-state index contributed by atoms with van der Waals surface area (Å²) in [7, 11) is 0. The number of cyclic esters (lactones) is 1. The first-order valence-electron chi connectivity index (χ1n) is 6.69. The number of hydrogen-bond acceptors (Lipinski definition) is 7. The van der Waals surface area contributed by atoms with E-state index in [4.69, 9.17) is 18.9 Å². The van der Waals surface area contributed by atoms with Gasteiger partial charge in [-0.05, 0) is 20.3 Å². The number of hydrogen-bond donors (Lipinski definition) is 0. The van der Waals surface area contributed by atoms with E-state index in [1.807, 2.05) is 0 Å². The first kappa shape index (κ1) is 14.8. The largest absolute Gasteiger partial charge is 0.465 e. The minimum atomic E-state index is -1.71. The van der Waals surface area contributed by atoms with E-state index in [0.29, 0.717) is 6.42 Å². The molecule has 2 atom stereocenters. The predicted molar refractivity (Wildman–Crippen MR) is 64.6 cm³/mol. The highest BCUT2D eigenvalue weighted by atomic mass is 16.7. The highest BCUT2D eigenvalue weighted by Crippen LogP contribution is 2.54. The zero-order valence-electron chi connectivity index (χ0n) is 11.8. The van der Waals surface area contributed by atoms with Gasteiger partial charge in [-0.1, -0.05) is 6.92 Å². The van der Waals surface area contributed by atoms with Gasteiger partial charge in [-0.25, -0.2) is 4.79 Å². The SMILES string of the molecule is CCOC(=O)C1(C(=O)OCC)COC(=O)[C@@]2(CC)O[C@@H]12. The zero-order valence-corrected chi connectivity index (χ0v) is 11.8. The van der Waals surface area contributed by atoms with Crippen LogP contribution in [0.5, 0.6) is 0 Å². The van der Waals surface area contributed by atoms with Crippen LogP contribution in [-0.4, -0.2) is 49.4 Å². The molecule has 0 unspecified atom stereocenters. The summed E-state index contributed by atoms with van der Waals surface area (Å²) in [5.74, 6) is -2.09. The monoisotopic (exact) mass is 286 g/mol. The van der Waals surface area contributed by atoms with Crippen molar-refractivity contribution >= 4 is 17.9 Å². The van der Waals surface area contributed by atoms with Crippen LogP contribution in [0.3, 0.4) is 0 Å². The molecule has 2 saturated heterocycles. The molecule has 2 heterocycles. The number of fused-ring (bicyclic) bond motifs is 1. The lowest BCUT2D eigenvalue weighted by Crippen LogP contribution is -2.57. The van der Waals surface area contributed by atoms with Crippen LogP contribution in [0.4, 0.5) is 0 Å². The van der Waals surface area contributed by atoms with Gasteiger partial charge in [0.05, 0.1) is 13.2 Å². The maximum absolute atomic E-state index is 12.2. The van der Waals surface area contributed by atoms with Crippen LogP contribution in [0.1, 0.15) is 27.2 Å². The molecule has 2 fully saturated rings. The number of epoxide rings is 1. The molecule has 0 radical (unpaired) electrons. The zero-order chi connectivity index (χ0) is 15.0. The van der Waals surface area contributed by atoms with Crippen molar-refractivity contribution in [2.24, 2.45) is 5.41 Å². The van der Waals surface area contributed by atoms with Crippen LogP contribution < -0.4 is 0 Å². The van der Waals surface area contributed by atoms with Gasteiger partial charge in [0.2, 0.25) is 5.41 Å². The number of carbonyl (C=O) groups is 3. The summed E-state index contributed by atoms with van der Waals surface area (Å²) in [5.41, 5.74) is -2.94. The fourth-order valence-electron chi connectivity index (χ4n) is 2.56. The second-order valence-corrected chi connectivity index (χ2v) is 4.73. The lowest BCUT2D eigenvalue weighted by atomic mass is 9.77. The van der Waals surface area contributed by atoms with Crippen LogP contribution in [0.15, 0.2) is 0 Å². The van der Waals surface area contributed by atoms with E-state index >= 15 is 0 Å². The van der Waals surface area contributed by atoms with Gasteiger partial charge in [0.1, 0.15) is 12.7 Å². The number of rotatable bonds is 5. The van der Waals surface area contributed by atoms with E-state index in [2.05, 4.69) is 0 Å². The average Bonchev–Trinajstić information content (AvgIpc) is 3.17. The molecule has 0 aromatic carbocycles. The second-order valence-electron chi connectivity index (χ2n) is 4.73. The number of carbonyl (C=O) groups excluding carboxylic acids is 3. The molecule has 7 heteroatoms. The Hall–Kier alpha value is -1.63. The molecular weight excluding hydrogens is 268 g/mol. The first-order chi connectivity index (χ1) is 9.49. The van der Waals surface area contributed by atoms with E-state index in [1.165, 1.54) is 0 Å². The van der Waals surface area contributed by atoms with Gasteiger partial charge >= 0.3 is 17.9 Å². The molecule has 0 amide bonds. The Morgan fingerprint density at radius 3 is 2.20 bits per heavy atom. The van der Waals surface area contributed by atoms with Crippen molar-refractivity contribution < 1.29 is 33.3 Å². The van der Waals surface area contributed by atoms with Crippen molar-refractivity contribution in [3.63, 3.8) is 0 Å². The molecule has 0 N–H and O–H groups in total. The van der Waals surface area contributed by atoms with E-state index in [0.717, 1.165) is 0 Å². The molecular formula is C13H18O7. The Balaban J connectivity index is 2.37. The highest BCUT2D eigenvalue weighted by molar-refractivity contribution is 6.05. The first-order valence-corrected chi connectivity index (χ1v) is 6.69. The molecule has 0 aliphatic carbocycles. The Morgan fingerprint density at radius 2 is 1.75 bits per heavy atom. The summed E-state index contributed by atoms with van der Waals surface area (Å²) >= 11 is 0. The van der Waals surface area contributed by atoms with E-state index in [-0.39, 0.29) is 13.2 Å². The summed E-state index contributed by atoms with van der Waals surface area (Å²) in [6, 6.07) is 0. The van der Waals surface area contributed by atoms with Crippen molar-refractivity contribution in [1.82, 2.24) is 0 Å². The maximum Gasteiger partial charge on any atom is 0.341 e. The van der Waals surface area contributed by atoms with Crippen molar-refractivity contribution in [2.45, 2.75) is 38.9 Å².